The highest BCUT2D eigenvalue weighted by Gasteiger charge is 2.19. The average molecular weight is 246 g/mol. The van der Waals surface area contributed by atoms with Crippen molar-refractivity contribution in [2.75, 3.05) is 26.2 Å². The van der Waals surface area contributed by atoms with Crippen LogP contribution in [0.4, 0.5) is 0 Å². The predicted molar refractivity (Wildman–Crippen MR) is 77.9 cm³/mol. The lowest BCUT2D eigenvalue weighted by molar-refractivity contribution is 0.154. The lowest BCUT2D eigenvalue weighted by Crippen LogP contribution is -2.51. The second kappa shape index (κ2) is 7.55. The molecule has 2 heteroatoms. The maximum Gasteiger partial charge on any atom is 0.0218 e. The molecule has 1 aliphatic heterocycles. The minimum Gasteiger partial charge on any atom is -0.314 e. The van der Waals surface area contributed by atoms with Crippen molar-refractivity contribution in [2.45, 2.75) is 38.6 Å². The molecule has 0 spiro atoms. The molecule has 1 heterocycles. The van der Waals surface area contributed by atoms with Gasteiger partial charge in [-0.3, -0.25) is 4.90 Å². The van der Waals surface area contributed by atoms with Gasteiger partial charge in [-0.05, 0) is 37.8 Å². The third-order valence-electron chi connectivity index (χ3n) is 3.95. The number of benzene rings is 1. The quantitative estimate of drug-likeness (QED) is 0.776. The first-order chi connectivity index (χ1) is 8.90. The number of hydrogen-bond acceptors (Lipinski definition) is 2. The Morgan fingerprint density at radius 3 is 2.83 bits per heavy atom. The van der Waals surface area contributed by atoms with Crippen molar-refractivity contribution in [1.82, 2.24) is 10.2 Å². The molecule has 1 aromatic carbocycles. The Morgan fingerprint density at radius 1 is 1.22 bits per heavy atom. The van der Waals surface area contributed by atoms with Crippen LogP contribution in [0.2, 0.25) is 0 Å². The third-order valence-corrected chi connectivity index (χ3v) is 3.95. The first-order valence-electron chi connectivity index (χ1n) is 7.39. The maximum absolute atomic E-state index is 3.49. The van der Waals surface area contributed by atoms with Crippen molar-refractivity contribution in [3.8, 4) is 0 Å². The monoisotopic (exact) mass is 246 g/mol. The highest BCUT2D eigenvalue weighted by Crippen LogP contribution is 2.10. The smallest absolute Gasteiger partial charge is 0.0218 e. The second-order valence-corrected chi connectivity index (χ2v) is 5.24. The summed E-state index contributed by atoms with van der Waals surface area (Å²) in [6.07, 6.45) is 5.13. The summed E-state index contributed by atoms with van der Waals surface area (Å²) in [4.78, 5) is 2.67. The van der Waals surface area contributed by atoms with Crippen molar-refractivity contribution in [3.05, 3.63) is 35.9 Å². The Morgan fingerprint density at radius 2 is 2.06 bits per heavy atom. The van der Waals surface area contributed by atoms with Gasteiger partial charge in [-0.15, -0.1) is 0 Å². The van der Waals surface area contributed by atoms with Gasteiger partial charge in [0.05, 0.1) is 0 Å². The maximum atomic E-state index is 3.49. The minimum absolute atomic E-state index is 0.760. The number of rotatable bonds is 6. The standard InChI is InChI=1S/C16H26N2/c1-2-16-14-17-11-13-18(16)12-7-6-10-15-8-4-3-5-9-15/h3-5,8-9,16-17H,2,6-7,10-14H2,1H3. The van der Waals surface area contributed by atoms with Crippen molar-refractivity contribution >= 4 is 0 Å². The van der Waals surface area contributed by atoms with E-state index in [9.17, 15) is 0 Å². The van der Waals surface area contributed by atoms with E-state index in [4.69, 9.17) is 0 Å². The summed E-state index contributed by atoms with van der Waals surface area (Å²) in [6.45, 7) is 7.13. The fourth-order valence-corrected chi connectivity index (χ4v) is 2.79. The van der Waals surface area contributed by atoms with Crippen LogP contribution in [0.25, 0.3) is 0 Å². The number of nitrogens with one attached hydrogen (secondary N) is 1. The highest BCUT2D eigenvalue weighted by atomic mass is 15.2. The lowest BCUT2D eigenvalue weighted by Gasteiger charge is -2.35. The first-order valence-corrected chi connectivity index (χ1v) is 7.39. The van der Waals surface area contributed by atoms with Crippen LogP contribution >= 0.6 is 0 Å². The van der Waals surface area contributed by atoms with Crippen molar-refractivity contribution in [1.29, 1.82) is 0 Å². The van der Waals surface area contributed by atoms with E-state index in [1.54, 1.807) is 0 Å². The van der Waals surface area contributed by atoms with E-state index in [2.05, 4.69) is 47.5 Å². The number of hydrogen-bond donors (Lipinski definition) is 1. The normalized spacial score (nSPS) is 21.1. The molecule has 1 aromatic rings. The summed E-state index contributed by atoms with van der Waals surface area (Å²) < 4.78 is 0. The van der Waals surface area contributed by atoms with Crippen LogP contribution in [0.5, 0.6) is 0 Å². The van der Waals surface area contributed by atoms with Gasteiger partial charge in [0.2, 0.25) is 0 Å². The van der Waals surface area contributed by atoms with E-state index in [0.29, 0.717) is 0 Å². The summed E-state index contributed by atoms with van der Waals surface area (Å²) in [7, 11) is 0. The number of piperazine rings is 1. The zero-order valence-electron chi connectivity index (χ0n) is 11.6. The summed E-state index contributed by atoms with van der Waals surface area (Å²) in [5, 5.41) is 3.49. The zero-order chi connectivity index (χ0) is 12.6. The second-order valence-electron chi connectivity index (χ2n) is 5.24. The molecule has 0 saturated carbocycles. The SMILES string of the molecule is CCC1CNCCN1CCCCc1ccccc1. The van der Waals surface area contributed by atoms with Gasteiger partial charge in [0.25, 0.3) is 0 Å². The minimum atomic E-state index is 0.760. The Hall–Kier alpha value is -0.860. The van der Waals surface area contributed by atoms with Crippen LogP contribution in [0.3, 0.4) is 0 Å². The molecule has 0 amide bonds. The van der Waals surface area contributed by atoms with Gasteiger partial charge in [0.15, 0.2) is 0 Å². The van der Waals surface area contributed by atoms with Gasteiger partial charge in [-0.1, -0.05) is 37.3 Å². The van der Waals surface area contributed by atoms with Crippen LogP contribution < -0.4 is 5.32 Å². The summed E-state index contributed by atoms with van der Waals surface area (Å²) >= 11 is 0. The molecule has 18 heavy (non-hydrogen) atoms. The molecule has 100 valence electrons. The molecule has 0 radical (unpaired) electrons. The number of aryl methyl sites for hydroxylation is 1. The average Bonchev–Trinajstić information content (AvgIpc) is 2.45. The Labute approximate surface area is 111 Å². The van der Waals surface area contributed by atoms with E-state index < -0.39 is 0 Å². The van der Waals surface area contributed by atoms with Crippen LogP contribution in [0.1, 0.15) is 31.7 Å². The molecule has 2 rings (SSSR count). The van der Waals surface area contributed by atoms with Gasteiger partial charge < -0.3 is 5.32 Å². The molecule has 0 bridgehead atoms. The lowest BCUT2D eigenvalue weighted by atomic mass is 10.1. The van der Waals surface area contributed by atoms with Gasteiger partial charge in [-0.2, -0.15) is 0 Å². The predicted octanol–water partition coefficient (Wildman–Crippen LogP) is 2.69. The molecule has 0 aliphatic carbocycles. The molecular weight excluding hydrogens is 220 g/mol. The molecule has 1 unspecified atom stereocenters. The molecule has 1 saturated heterocycles. The molecule has 0 aromatic heterocycles. The van der Waals surface area contributed by atoms with Crippen molar-refractivity contribution < 1.29 is 0 Å². The van der Waals surface area contributed by atoms with E-state index in [-0.39, 0.29) is 0 Å². The molecular formula is C16H26N2. The fourth-order valence-electron chi connectivity index (χ4n) is 2.79. The highest BCUT2D eigenvalue weighted by molar-refractivity contribution is 5.14. The Balaban J connectivity index is 1.65. The van der Waals surface area contributed by atoms with Crippen LogP contribution in [-0.2, 0) is 6.42 Å². The van der Waals surface area contributed by atoms with E-state index in [1.165, 1.54) is 50.9 Å². The van der Waals surface area contributed by atoms with Gasteiger partial charge in [-0.25, -0.2) is 0 Å². The fraction of sp³-hybridized carbons (Fsp3) is 0.625. The van der Waals surface area contributed by atoms with Gasteiger partial charge in [0.1, 0.15) is 0 Å². The molecule has 1 fully saturated rings. The number of nitrogens with zero attached hydrogens (tertiary/aromatic N) is 1. The summed E-state index contributed by atoms with van der Waals surface area (Å²) in [6, 6.07) is 11.6. The summed E-state index contributed by atoms with van der Waals surface area (Å²) in [5.74, 6) is 0. The Bertz CT molecular complexity index is 323. The summed E-state index contributed by atoms with van der Waals surface area (Å²) in [5.41, 5.74) is 1.48. The molecule has 1 aliphatic rings. The zero-order valence-corrected chi connectivity index (χ0v) is 11.6. The van der Waals surface area contributed by atoms with E-state index in [0.717, 1.165) is 12.6 Å². The van der Waals surface area contributed by atoms with Gasteiger partial charge >= 0.3 is 0 Å². The van der Waals surface area contributed by atoms with Gasteiger partial charge in [0, 0.05) is 25.7 Å². The van der Waals surface area contributed by atoms with Crippen LogP contribution in [-0.4, -0.2) is 37.1 Å². The Kier molecular flexibility index (Phi) is 5.69. The third kappa shape index (κ3) is 4.11. The largest absolute Gasteiger partial charge is 0.314 e. The van der Waals surface area contributed by atoms with Crippen molar-refractivity contribution in [3.63, 3.8) is 0 Å². The van der Waals surface area contributed by atoms with E-state index in [1.807, 2.05) is 0 Å². The molecule has 1 N–H and O–H groups in total. The van der Waals surface area contributed by atoms with Crippen LogP contribution in [0.15, 0.2) is 30.3 Å². The van der Waals surface area contributed by atoms with Crippen LogP contribution in [0, 0.1) is 0 Å². The molecule has 2 nitrogen and oxygen atoms in total. The topological polar surface area (TPSA) is 15.3 Å². The number of unbranched alkanes of at least 4 members (excludes halogenated alkanes) is 1. The van der Waals surface area contributed by atoms with E-state index >= 15 is 0 Å². The first kappa shape index (κ1) is 13.6. The molecule has 1 atom stereocenters. The van der Waals surface area contributed by atoms with Crippen molar-refractivity contribution in [2.24, 2.45) is 0 Å².